The van der Waals surface area contributed by atoms with E-state index in [2.05, 4.69) is 33.0 Å². The number of amides is 2. The summed E-state index contributed by atoms with van der Waals surface area (Å²) in [5, 5.41) is 7.57. The average molecular weight is 607 g/mol. The topological polar surface area (TPSA) is 134 Å². The molecule has 0 spiro atoms. The first-order chi connectivity index (χ1) is 17.9. The van der Waals surface area contributed by atoms with Crippen LogP contribution in [-0.4, -0.2) is 28.4 Å². The number of primary amides is 1. The molecule has 0 bridgehead atoms. The number of nitrogens with one attached hydrogen (secondary N) is 1. The molecule has 0 saturated heterocycles. The Labute approximate surface area is 225 Å². The number of aromatic nitrogens is 2. The van der Waals surface area contributed by atoms with Gasteiger partial charge in [-0.25, -0.2) is 4.68 Å². The van der Waals surface area contributed by atoms with Crippen molar-refractivity contribution in [2.75, 3.05) is 17.8 Å². The Bertz CT molecular complexity index is 1600. The number of rotatable bonds is 5. The number of fused-ring (bicyclic) bond motifs is 4. The van der Waals surface area contributed by atoms with Crippen molar-refractivity contribution in [1.82, 2.24) is 9.78 Å². The van der Waals surface area contributed by atoms with E-state index in [1.165, 1.54) is 0 Å². The van der Waals surface area contributed by atoms with Gasteiger partial charge in [0.25, 0.3) is 11.8 Å². The molecule has 4 aromatic rings. The number of halogens is 1. The number of carbonyl (C=O) groups excluding carboxylic acids is 2. The van der Waals surface area contributed by atoms with Crippen LogP contribution >= 0.6 is 22.6 Å². The molecule has 37 heavy (non-hydrogen) atoms. The Morgan fingerprint density at radius 3 is 2.65 bits per heavy atom. The van der Waals surface area contributed by atoms with Crippen molar-refractivity contribution in [3.8, 4) is 28.4 Å². The Morgan fingerprint density at radius 2 is 1.86 bits per heavy atom. The fraction of sp³-hybridized carbons (Fsp3) is 0.148. The monoisotopic (exact) mass is 607 g/mol. The molecule has 0 fully saturated rings. The standard InChI is InChI=1S/C27H22IN5O4/c28-12-16-2-1-15(9-21(16)29)27(35)31-17-5-3-14-4-7-19-24(26(30)34)32-33(25(19)20(14)10-17)18-6-8-22-23(11-18)37-13-36-22/h1-3,5-6,8-11H,4,7,12-13,29H2,(H2,30,34)(H,31,35). The molecule has 10 heteroatoms. The van der Waals surface area contributed by atoms with Crippen LogP contribution in [0.5, 0.6) is 11.5 Å². The van der Waals surface area contributed by atoms with E-state index in [1.54, 1.807) is 16.8 Å². The second kappa shape index (κ2) is 9.11. The molecule has 1 aliphatic heterocycles. The van der Waals surface area contributed by atoms with Gasteiger partial charge < -0.3 is 26.3 Å². The normalized spacial score (nSPS) is 13.1. The summed E-state index contributed by atoms with van der Waals surface area (Å²) in [6.07, 6.45) is 1.34. The number of alkyl halides is 1. The van der Waals surface area contributed by atoms with Gasteiger partial charge in [0.05, 0.1) is 11.4 Å². The zero-order chi connectivity index (χ0) is 25.7. The molecule has 6 rings (SSSR count). The Hall–Kier alpha value is -4.06. The first-order valence-corrected chi connectivity index (χ1v) is 13.2. The van der Waals surface area contributed by atoms with Crippen LogP contribution in [0, 0.1) is 0 Å². The Morgan fingerprint density at radius 1 is 1.03 bits per heavy atom. The molecular formula is C27H22IN5O4. The molecule has 2 aliphatic rings. The number of nitrogens with zero attached hydrogens (tertiary/aromatic N) is 2. The van der Waals surface area contributed by atoms with Crippen LogP contribution in [0.4, 0.5) is 11.4 Å². The summed E-state index contributed by atoms with van der Waals surface area (Å²) in [6.45, 7) is 0.154. The minimum absolute atomic E-state index is 0.154. The van der Waals surface area contributed by atoms with Crippen LogP contribution in [0.3, 0.4) is 0 Å². The number of nitrogen functional groups attached to an aromatic ring is 1. The van der Waals surface area contributed by atoms with Gasteiger partial charge in [-0.1, -0.05) is 34.7 Å². The number of anilines is 2. The maximum atomic E-state index is 13.0. The zero-order valence-electron chi connectivity index (χ0n) is 19.6. The summed E-state index contributed by atoms with van der Waals surface area (Å²) in [5.41, 5.74) is 18.9. The molecule has 9 nitrogen and oxygen atoms in total. The van der Waals surface area contributed by atoms with Crippen LogP contribution in [-0.2, 0) is 17.3 Å². The maximum Gasteiger partial charge on any atom is 0.269 e. The highest BCUT2D eigenvalue weighted by atomic mass is 127. The van der Waals surface area contributed by atoms with E-state index in [4.69, 9.17) is 20.9 Å². The summed E-state index contributed by atoms with van der Waals surface area (Å²) >= 11 is 2.24. The molecule has 2 amide bonds. The number of hydrogen-bond donors (Lipinski definition) is 3. The fourth-order valence-electron chi connectivity index (χ4n) is 4.78. The number of hydrogen-bond acceptors (Lipinski definition) is 6. The van der Waals surface area contributed by atoms with Crippen LogP contribution in [0.15, 0.2) is 54.6 Å². The number of aryl methyl sites for hydroxylation is 1. The van der Waals surface area contributed by atoms with Crippen molar-refractivity contribution >= 4 is 45.8 Å². The molecular weight excluding hydrogens is 585 g/mol. The maximum absolute atomic E-state index is 13.0. The lowest BCUT2D eigenvalue weighted by Gasteiger charge is -2.20. The Kier molecular flexibility index (Phi) is 5.75. The van der Waals surface area contributed by atoms with Crippen molar-refractivity contribution in [3.05, 3.63) is 82.5 Å². The van der Waals surface area contributed by atoms with Gasteiger partial charge in [-0.05, 0) is 60.4 Å². The molecule has 0 unspecified atom stereocenters. The SMILES string of the molecule is NC(=O)c1nn(-c2ccc3c(c2)OCO3)c2c1CCc1ccc(NC(=O)c3ccc(CI)c(N)c3)cc1-2. The highest BCUT2D eigenvalue weighted by molar-refractivity contribution is 14.1. The molecule has 0 saturated carbocycles. The summed E-state index contributed by atoms with van der Waals surface area (Å²) in [5.74, 6) is 0.408. The number of benzene rings is 3. The summed E-state index contributed by atoms with van der Waals surface area (Å²) in [7, 11) is 0. The van der Waals surface area contributed by atoms with Gasteiger partial charge >= 0.3 is 0 Å². The molecule has 0 radical (unpaired) electrons. The van der Waals surface area contributed by atoms with Gasteiger partial charge in [0, 0.05) is 38.6 Å². The van der Waals surface area contributed by atoms with Gasteiger partial charge in [-0.2, -0.15) is 5.10 Å². The van der Waals surface area contributed by atoms with Crippen molar-refractivity contribution in [3.63, 3.8) is 0 Å². The Balaban J connectivity index is 1.41. The molecule has 1 aromatic heterocycles. The summed E-state index contributed by atoms with van der Waals surface area (Å²) in [6, 6.07) is 16.6. The largest absolute Gasteiger partial charge is 0.454 e. The van der Waals surface area contributed by atoms with E-state index in [9.17, 15) is 9.59 Å². The quantitative estimate of drug-likeness (QED) is 0.177. The third-order valence-corrected chi connectivity index (χ3v) is 7.46. The molecule has 1 aliphatic carbocycles. The van der Waals surface area contributed by atoms with Gasteiger partial charge in [0.1, 0.15) is 0 Å². The van der Waals surface area contributed by atoms with Crippen molar-refractivity contribution < 1.29 is 19.1 Å². The first-order valence-electron chi connectivity index (χ1n) is 11.6. The average Bonchev–Trinajstić information content (AvgIpc) is 3.53. The van der Waals surface area contributed by atoms with E-state index in [0.29, 0.717) is 40.5 Å². The third-order valence-electron chi connectivity index (χ3n) is 6.64. The van der Waals surface area contributed by atoms with Crippen molar-refractivity contribution in [2.45, 2.75) is 17.3 Å². The van der Waals surface area contributed by atoms with Gasteiger partial charge in [-0.3, -0.25) is 9.59 Å². The van der Waals surface area contributed by atoms with E-state index >= 15 is 0 Å². The highest BCUT2D eigenvalue weighted by Gasteiger charge is 2.29. The van der Waals surface area contributed by atoms with E-state index < -0.39 is 5.91 Å². The number of carbonyl (C=O) groups is 2. The number of nitrogens with two attached hydrogens (primary N) is 2. The van der Waals surface area contributed by atoms with E-state index in [0.717, 1.165) is 38.8 Å². The molecule has 5 N–H and O–H groups in total. The summed E-state index contributed by atoms with van der Waals surface area (Å²) in [4.78, 5) is 25.3. The lowest BCUT2D eigenvalue weighted by atomic mass is 9.88. The van der Waals surface area contributed by atoms with E-state index in [-0.39, 0.29) is 18.4 Å². The van der Waals surface area contributed by atoms with Gasteiger partial charge in [0.2, 0.25) is 6.79 Å². The molecule has 3 aromatic carbocycles. The molecule has 2 heterocycles. The third kappa shape index (κ3) is 4.06. The van der Waals surface area contributed by atoms with Crippen LogP contribution in [0.2, 0.25) is 0 Å². The smallest absolute Gasteiger partial charge is 0.269 e. The minimum Gasteiger partial charge on any atom is -0.454 e. The summed E-state index contributed by atoms with van der Waals surface area (Å²) < 4.78 is 13.5. The lowest BCUT2D eigenvalue weighted by molar-refractivity contribution is 0.0992. The van der Waals surface area contributed by atoms with Crippen molar-refractivity contribution in [1.29, 1.82) is 0 Å². The van der Waals surface area contributed by atoms with Gasteiger partial charge in [0.15, 0.2) is 17.2 Å². The second-order valence-electron chi connectivity index (χ2n) is 8.86. The molecule has 0 atom stereocenters. The van der Waals surface area contributed by atoms with Crippen LogP contribution < -0.4 is 26.3 Å². The predicted octanol–water partition coefficient (Wildman–Crippen LogP) is 4.24. The minimum atomic E-state index is -0.587. The van der Waals surface area contributed by atoms with Gasteiger partial charge in [-0.15, -0.1) is 0 Å². The molecule has 186 valence electrons. The van der Waals surface area contributed by atoms with Crippen LogP contribution in [0.25, 0.3) is 16.9 Å². The first kappa shape index (κ1) is 23.3. The van der Waals surface area contributed by atoms with Crippen molar-refractivity contribution in [2.24, 2.45) is 5.73 Å². The lowest BCUT2D eigenvalue weighted by Crippen LogP contribution is -2.15. The van der Waals surface area contributed by atoms with Crippen LogP contribution in [0.1, 0.15) is 37.5 Å². The highest BCUT2D eigenvalue weighted by Crippen LogP contribution is 2.40. The predicted molar refractivity (Wildman–Crippen MR) is 148 cm³/mol. The fourth-order valence-corrected chi connectivity index (χ4v) is 5.47. The zero-order valence-corrected chi connectivity index (χ0v) is 21.7. The second-order valence-corrected chi connectivity index (χ2v) is 9.63. The van der Waals surface area contributed by atoms with E-state index in [1.807, 2.05) is 42.5 Å². The number of ether oxygens (including phenoxy) is 2.